The summed E-state index contributed by atoms with van der Waals surface area (Å²) in [5, 5.41) is 3.12. The lowest BCUT2D eigenvalue weighted by Gasteiger charge is -2.37. The van der Waals surface area contributed by atoms with Crippen molar-refractivity contribution in [3.63, 3.8) is 0 Å². The van der Waals surface area contributed by atoms with Crippen molar-refractivity contribution >= 4 is 33.8 Å². The minimum atomic E-state index is -3.48. The van der Waals surface area contributed by atoms with Crippen LogP contribution in [-0.4, -0.2) is 45.5 Å². The Kier molecular flexibility index (Phi) is 6.01. The number of hydrogen-bond acceptors (Lipinski definition) is 4. The van der Waals surface area contributed by atoms with E-state index in [2.05, 4.69) is 5.32 Å². The highest BCUT2D eigenvalue weighted by Gasteiger charge is 2.50. The van der Waals surface area contributed by atoms with E-state index in [0.29, 0.717) is 25.9 Å². The van der Waals surface area contributed by atoms with Crippen molar-refractivity contribution in [2.75, 3.05) is 31.3 Å². The van der Waals surface area contributed by atoms with Crippen LogP contribution < -0.4 is 10.2 Å². The average Bonchev–Trinajstić information content (AvgIpc) is 2.45. The molecular formula is C15H23ClN2O3S. The Hall–Kier alpha value is -1.11. The van der Waals surface area contributed by atoms with Crippen LogP contribution >= 0.6 is 12.4 Å². The van der Waals surface area contributed by atoms with Gasteiger partial charge in [-0.25, -0.2) is 8.42 Å². The van der Waals surface area contributed by atoms with E-state index in [4.69, 9.17) is 0 Å². The second kappa shape index (κ2) is 6.98. The van der Waals surface area contributed by atoms with Crippen LogP contribution in [0.3, 0.4) is 0 Å². The lowest BCUT2D eigenvalue weighted by molar-refractivity contribution is -0.121. The number of nitrogens with zero attached hydrogens (tertiary/aromatic N) is 1. The van der Waals surface area contributed by atoms with Gasteiger partial charge in [-0.1, -0.05) is 12.1 Å². The summed E-state index contributed by atoms with van der Waals surface area (Å²) in [5.41, 5.74) is 1.76. The molecule has 0 unspecified atom stereocenters. The molecule has 0 atom stereocenters. The van der Waals surface area contributed by atoms with Crippen molar-refractivity contribution in [3.05, 3.63) is 29.8 Å². The molecule has 0 saturated carbocycles. The number of halogens is 1. The van der Waals surface area contributed by atoms with Crippen LogP contribution in [0.15, 0.2) is 24.3 Å². The summed E-state index contributed by atoms with van der Waals surface area (Å²) in [6, 6.07) is 7.51. The summed E-state index contributed by atoms with van der Waals surface area (Å²) in [6.07, 6.45) is 1.81. The van der Waals surface area contributed by atoms with Crippen LogP contribution in [0.2, 0.25) is 0 Å². The number of sulfone groups is 1. The molecule has 1 heterocycles. The predicted molar refractivity (Wildman–Crippen MR) is 91.5 cm³/mol. The van der Waals surface area contributed by atoms with Gasteiger partial charge in [0.15, 0.2) is 14.6 Å². The maximum Gasteiger partial charge on any atom is 0.248 e. The van der Waals surface area contributed by atoms with Crippen molar-refractivity contribution in [3.8, 4) is 0 Å². The van der Waals surface area contributed by atoms with Crippen LogP contribution in [-0.2, 0) is 14.6 Å². The summed E-state index contributed by atoms with van der Waals surface area (Å²) in [4.78, 5) is 14.4. The normalized spacial score (nSPS) is 17.4. The molecule has 0 radical (unpaired) electrons. The van der Waals surface area contributed by atoms with Gasteiger partial charge in [-0.15, -0.1) is 12.4 Å². The van der Waals surface area contributed by atoms with E-state index < -0.39 is 14.6 Å². The Morgan fingerprint density at radius 1 is 1.27 bits per heavy atom. The van der Waals surface area contributed by atoms with Gasteiger partial charge < -0.3 is 10.2 Å². The molecule has 0 bridgehead atoms. The second-order valence-corrected chi connectivity index (χ2v) is 8.05. The third-order valence-electron chi connectivity index (χ3n) is 4.20. The van der Waals surface area contributed by atoms with Crippen LogP contribution in [0.5, 0.6) is 0 Å². The summed E-state index contributed by atoms with van der Waals surface area (Å²) >= 11 is 0. The second-order valence-electron chi connectivity index (χ2n) is 5.72. The van der Waals surface area contributed by atoms with Crippen LogP contribution in [0.1, 0.15) is 18.4 Å². The number of aryl methyl sites for hydroxylation is 1. The Labute approximate surface area is 138 Å². The molecule has 1 aliphatic heterocycles. The number of carbonyl (C=O) groups excluding carboxylic acids is 1. The van der Waals surface area contributed by atoms with Crippen molar-refractivity contribution < 1.29 is 13.2 Å². The van der Waals surface area contributed by atoms with Gasteiger partial charge in [0, 0.05) is 19.0 Å². The zero-order valence-corrected chi connectivity index (χ0v) is 14.8. The van der Waals surface area contributed by atoms with Gasteiger partial charge in [0.25, 0.3) is 0 Å². The van der Waals surface area contributed by atoms with Crippen LogP contribution in [0.25, 0.3) is 0 Å². The first-order chi connectivity index (χ1) is 9.78. The van der Waals surface area contributed by atoms with Gasteiger partial charge in [-0.05, 0) is 50.6 Å². The minimum Gasteiger partial charge on any atom is -0.317 e. The lowest BCUT2D eigenvalue weighted by atomic mass is 9.95. The molecule has 1 aromatic carbocycles. The maximum absolute atomic E-state index is 12.9. The molecule has 22 heavy (non-hydrogen) atoms. The zero-order valence-electron chi connectivity index (χ0n) is 13.1. The highest BCUT2D eigenvalue weighted by atomic mass is 35.5. The van der Waals surface area contributed by atoms with E-state index in [1.54, 1.807) is 7.05 Å². The molecule has 1 aliphatic rings. The fraction of sp³-hybridized carbons (Fsp3) is 0.533. The van der Waals surface area contributed by atoms with Gasteiger partial charge in [-0.3, -0.25) is 4.79 Å². The first kappa shape index (κ1) is 18.9. The number of benzene rings is 1. The number of nitrogens with one attached hydrogen (secondary N) is 1. The maximum atomic E-state index is 12.9. The standard InChI is InChI=1S/C15H22N2O3S.ClH/c1-12-5-4-6-13(11-12)17(2)14(18)15(21(3,19)20)7-9-16-10-8-15;/h4-6,11,16H,7-10H2,1-3H3;1H. The first-order valence-electron chi connectivity index (χ1n) is 7.03. The van der Waals surface area contributed by atoms with Gasteiger partial charge >= 0.3 is 0 Å². The summed E-state index contributed by atoms with van der Waals surface area (Å²) in [5.74, 6) is -0.336. The number of amides is 1. The Morgan fingerprint density at radius 3 is 2.36 bits per heavy atom. The number of anilines is 1. The minimum absolute atomic E-state index is 0. The molecule has 5 nitrogen and oxygen atoms in total. The third kappa shape index (κ3) is 3.45. The Morgan fingerprint density at radius 2 is 1.86 bits per heavy atom. The summed E-state index contributed by atoms with van der Waals surface area (Å²) < 4.78 is 23.2. The van der Waals surface area contributed by atoms with Gasteiger partial charge in [0.05, 0.1) is 0 Å². The van der Waals surface area contributed by atoms with Crippen molar-refractivity contribution in [2.24, 2.45) is 0 Å². The number of piperidine rings is 1. The van der Waals surface area contributed by atoms with E-state index in [-0.39, 0.29) is 18.3 Å². The molecule has 7 heteroatoms. The third-order valence-corrected chi connectivity index (χ3v) is 6.21. The molecule has 1 saturated heterocycles. The van der Waals surface area contributed by atoms with Crippen molar-refractivity contribution in [2.45, 2.75) is 24.5 Å². The smallest absolute Gasteiger partial charge is 0.248 e. The van der Waals surface area contributed by atoms with E-state index in [9.17, 15) is 13.2 Å². The topological polar surface area (TPSA) is 66.5 Å². The van der Waals surface area contributed by atoms with E-state index in [1.165, 1.54) is 11.2 Å². The lowest BCUT2D eigenvalue weighted by Crippen LogP contribution is -2.57. The first-order valence-corrected chi connectivity index (χ1v) is 8.92. The highest BCUT2D eigenvalue weighted by Crippen LogP contribution is 2.31. The van der Waals surface area contributed by atoms with Gasteiger partial charge in [0.2, 0.25) is 5.91 Å². The molecule has 0 spiro atoms. The molecule has 124 valence electrons. The number of hydrogen-bond donors (Lipinski definition) is 1. The molecule has 0 aromatic heterocycles. The molecule has 1 fully saturated rings. The zero-order chi connectivity index (χ0) is 15.7. The molecule has 1 amide bonds. The van der Waals surface area contributed by atoms with Crippen LogP contribution in [0, 0.1) is 6.92 Å². The molecule has 1 aromatic rings. The Balaban J connectivity index is 0.00000242. The predicted octanol–water partition coefficient (Wildman–Crippen LogP) is 1.55. The average molecular weight is 347 g/mol. The molecule has 0 aliphatic carbocycles. The van der Waals surface area contributed by atoms with Gasteiger partial charge in [0.1, 0.15) is 0 Å². The van der Waals surface area contributed by atoms with E-state index in [0.717, 1.165) is 11.3 Å². The van der Waals surface area contributed by atoms with Crippen molar-refractivity contribution in [1.82, 2.24) is 5.32 Å². The Bertz CT molecular complexity index is 640. The summed E-state index contributed by atoms with van der Waals surface area (Å²) in [6.45, 7) is 3.03. The monoisotopic (exact) mass is 346 g/mol. The molecular weight excluding hydrogens is 324 g/mol. The quantitative estimate of drug-likeness (QED) is 0.901. The highest BCUT2D eigenvalue weighted by molar-refractivity contribution is 7.92. The van der Waals surface area contributed by atoms with Crippen LogP contribution in [0.4, 0.5) is 5.69 Å². The summed E-state index contributed by atoms with van der Waals surface area (Å²) in [7, 11) is -1.84. The SMILES string of the molecule is Cc1cccc(N(C)C(=O)C2(S(C)(=O)=O)CCNCC2)c1.Cl. The molecule has 2 rings (SSSR count). The van der Waals surface area contributed by atoms with E-state index >= 15 is 0 Å². The number of rotatable bonds is 3. The van der Waals surface area contributed by atoms with E-state index in [1.807, 2.05) is 31.2 Å². The largest absolute Gasteiger partial charge is 0.317 e. The van der Waals surface area contributed by atoms with Gasteiger partial charge in [-0.2, -0.15) is 0 Å². The number of carbonyl (C=O) groups is 1. The fourth-order valence-electron chi connectivity index (χ4n) is 2.83. The van der Waals surface area contributed by atoms with Crippen molar-refractivity contribution in [1.29, 1.82) is 0 Å². The molecule has 1 N–H and O–H groups in total. The fourth-order valence-corrected chi connectivity index (χ4v) is 4.23.